The minimum atomic E-state index is -0.0324. The zero-order chi connectivity index (χ0) is 17.2. The van der Waals surface area contributed by atoms with Crippen molar-refractivity contribution in [1.29, 1.82) is 0 Å². The van der Waals surface area contributed by atoms with E-state index in [1.807, 2.05) is 60.5 Å². The van der Waals surface area contributed by atoms with Crippen LogP contribution in [0.2, 0.25) is 0 Å². The Morgan fingerprint density at radius 3 is 2.64 bits per heavy atom. The van der Waals surface area contributed by atoms with Gasteiger partial charge in [-0.15, -0.1) is 0 Å². The molecule has 0 radical (unpaired) electrons. The summed E-state index contributed by atoms with van der Waals surface area (Å²) in [5, 5.41) is 2.96. The first kappa shape index (κ1) is 15.6. The van der Waals surface area contributed by atoms with Crippen molar-refractivity contribution in [1.82, 2.24) is 19.4 Å². The molecular weight excluding hydrogens is 314 g/mol. The number of carbonyl (C=O) groups is 1. The fraction of sp³-hybridized carbons (Fsp3) is 0.316. The molecule has 1 N–H and O–H groups in total. The third-order valence-corrected chi connectivity index (χ3v) is 4.77. The average molecular weight is 335 g/mol. The molecule has 0 atom stereocenters. The van der Waals surface area contributed by atoms with Crippen molar-refractivity contribution < 1.29 is 4.79 Å². The number of aromatic nitrogens is 3. The van der Waals surface area contributed by atoms with Crippen LogP contribution in [0.25, 0.3) is 11.2 Å². The number of carbonyl (C=O) groups excluding carboxylic acids is 1. The maximum Gasteiger partial charge on any atom is 0.321 e. The molecule has 6 heteroatoms. The lowest BCUT2D eigenvalue weighted by Crippen LogP contribution is -2.41. The van der Waals surface area contributed by atoms with Gasteiger partial charge in [-0.2, -0.15) is 0 Å². The maximum absolute atomic E-state index is 12.4. The Labute approximate surface area is 146 Å². The molecular formula is C19H21N5O. The summed E-state index contributed by atoms with van der Waals surface area (Å²) in [4.78, 5) is 23.4. The molecule has 1 aromatic carbocycles. The van der Waals surface area contributed by atoms with Gasteiger partial charge in [0.2, 0.25) is 0 Å². The van der Waals surface area contributed by atoms with Crippen molar-refractivity contribution in [3.8, 4) is 0 Å². The molecule has 1 aliphatic rings. The summed E-state index contributed by atoms with van der Waals surface area (Å²) in [7, 11) is 0. The van der Waals surface area contributed by atoms with Gasteiger partial charge in [0.1, 0.15) is 11.3 Å². The van der Waals surface area contributed by atoms with Crippen LogP contribution < -0.4 is 5.32 Å². The molecule has 4 rings (SSSR count). The Bertz CT molecular complexity index is 881. The van der Waals surface area contributed by atoms with E-state index >= 15 is 0 Å². The summed E-state index contributed by atoms with van der Waals surface area (Å²) in [5.41, 5.74) is 2.70. The van der Waals surface area contributed by atoms with Crippen LogP contribution in [0.4, 0.5) is 10.5 Å². The van der Waals surface area contributed by atoms with Gasteiger partial charge in [-0.05, 0) is 44.0 Å². The standard InChI is InChI=1S/C19H21N5O/c1-14-21-17-8-5-11-20-18(17)24(14)16-9-12-23(13-10-16)19(25)22-15-6-3-2-4-7-15/h2-8,11,16H,9-10,12-13H2,1H3,(H,22,25). The lowest BCUT2D eigenvalue weighted by Gasteiger charge is -2.33. The highest BCUT2D eigenvalue weighted by atomic mass is 16.2. The number of piperidine rings is 1. The van der Waals surface area contributed by atoms with Crippen molar-refractivity contribution in [3.05, 3.63) is 54.5 Å². The quantitative estimate of drug-likeness (QED) is 0.778. The molecule has 0 saturated carbocycles. The number of benzene rings is 1. The molecule has 6 nitrogen and oxygen atoms in total. The van der Waals surface area contributed by atoms with Gasteiger partial charge < -0.3 is 14.8 Å². The largest absolute Gasteiger partial charge is 0.324 e. The second kappa shape index (κ2) is 6.55. The van der Waals surface area contributed by atoms with E-state index in [4.69, 9.17) is 0 Å². The summed E-state index contributed by atoms with van der Waals surface area (Å²) in [6.07, 6.45) is 3.62. The number of nitrogens with one attached hydrogen (secondary N) is 1. The summed E-state index contributed by atoms with van der Waals surface area (Å²) >= 11 is 0. The fourth-order valence-electron chi connectivity index (χ4n) is 3.53. The molecule has 2 aromatic heterocycles. The third-order valence-electron chi connectivity index (χ3n) is 4.77. The van der Waals surface area contributed by atoms with Crippen LogP contribution in [0.5, 0.6) is 0 Å². The van der Waals surface area contributed by atoms with Crippen molar-refractivity contribution in [2.45, 2.75) is 25.8 Å². The predicted octanol–water partition coefficient (Wildman–Crippen LogP) is 3.61. The SMILES string of the molecule is Cc1nc2cccnc2n1C1CCN(C(=O)Nc2ccccc2)CC1. The molecule has 1 fully saturated rings. The van der Waals surface area contributed by atoms with E-state index in [2.05, 4.69) is 19.9 Å². The highest BCUT2D eigenvalue weighted by molar-refractivity contribution is 5.89. The molecule has 0 spiro atoms. The molecule has 25 heavy (non-hydrogen) atoms. The summed E-state index contributed by atoms with van der Waals surface area (Å²) in [5.74, 6) is 0.987. The van der Waals surface area contributed by atoms with Gasteiger partial charge in [0.25, 0.3) is 0 Å². The number of likely N-dealkylation sites (tertiary alicyclic amines) is 1. The van der Waals surface area contributed by atoms with Crippen molar-refractivity contribution in [2.24, 2.45) is 0 Å². The lowest BCUT2D eigenvalue weighted by molar-refractivity contribution is 0.184. The summed E-state index contributed by atoms with van der Waals surface area (Å²) in [6, 6.07) is 13.8. The maximum atomic E-state index is 12.4. The second-order valence-corrected chi connectivity index (χ2v) is 6.39. The summed E-state index contributed by atoms with van der Waals surface area (Å²) < 4.78 is 2.22. The topological polar surface area (TPSA) is 63.1 Å². The van der Waals surface area contributed by atoms with Gasteiger partial charge in [0, 0.05) is 31.0 Å². The predicted molar refractivity (Wildman–Crippen MR) is 97.6 cm³/mol. The van der Waals surface area contributed by atoms with Crippen molar-refractivity contribution >= 4 is 22.9 Å². The van der Waals surface area contributed by atoms with Crippen molar-refractivity contribution in [3.63, 3.8) is 0 Å². The first-order valence-electron chi connectivity index (χ1n) is 8.63. The van der Waals surface area contributed by atoms with Gasteiger partial charge in [0.15, 0.2) is 5.65 Å². The van der Waals surface area contributed by atoms with E-state index in [1.54, 1.807) is 0 Å². The van der Waals surface area contributed by atoms with Crippen LogP contribution >= 0.6 is 0 Å². The first-order valence-corrected chi connectivity index (χ1v) is 8.63. The highest BCUT2D eigenvalue weighted by Crippen LogP contribution is 2.27. The van der Waals surface area contributed by atoms with E-state index in [0.29, 0.717) is 6.04 Å². The van der Waals surface area contributed by atoms with Crippen LogP contribution in [0.1, 0.15) is 24.7 Å². The Kier molecular flexibility index (Phi) is 4.09. The highest BCUT2D eigenvalue weighted by Gasteiger charge is 2.26. The molecule has 3 aromatic rings. The first-order chi connectivity index (χ1) is 12.2. The van der Waals surface area contributed by atoms with E-state index in [9.17, 15) is 4.79 Å². The number of anilines is 1. The van der Waals surface area contributed by atoms with Gasteiger partial charge in [0.05, 0.1) is 0 Å². The van der Waals surface area contributed by atoms with Crippen LogP contribution in [0.15, 0.2) is 48.7 Å². The molecule has 0 aliphatic carbocycles. The number of hydrogen-bond acceptors (Lipinski definition) is 3. The normalized spacial score (nSPS) is 15.5. The number of pyridine rings is 1. The molecule has 1 aliphatic heterocycles. The Morgan fingerprint density at radius 1 is 1.12 bits per heavy atom. The number of aryl methyl sites for hydroxylation is 1. The van der Waals surface area contributed by atoms with E-state index in [1.165, 1.54) is 0 Å². The number of imidazole rings is 1. The van der Waals surface area contributed by atoms with Gasteiger partial charge in [-0.1, -0.05) is 18.2 Å². The number of nitrogens with zero attached hydrogens (tertiary/aromatic N) is 4. The zero-order valence-electron chi connectivity index (χ0n) is 14.2. The third kappa shape index (κ3) is 3.07. The monoisotopic (exact) mass is 335 g/mol. The number of amides is 2. The van der Waals surface area contributed by atoms with Crippen LogP contribution in [-0.2, 0) is 0 Å². The van der Waals surface area contributed by atoms with Gasteiger partial charge >= 0.3 is 6.03 Å². The van der Waals surface area contributed by atoms with E-state index < -0.39 is 0 Å². The molecule has 128 valence electrons. The second-order valence-electron chi connectivity index (χ2n) is 6.39. The molecule has 2 amide bonds. The van der Waals surface area contributed by atoms with E-state index in [0.717, 1.165) is 48.6 Å². The van der Waals surface area contributed by atoms with Crippen molar-refractivity contribution in [2.75, 3.05) is 18.4 Å². The van der Waals surface area contributed by atoms with Crippen LogP contribution in [0.3, 0.4) is 0 Å². The van der Waals surface area contributed by atoms with Gasteiger partial charge in [-0.25, -0.2) is 14.8 Å². The van der Waals surface area contributed by atoms with E-state index in [-0.39, 0.29) is 6.03 Å². The lowest BCUT2D eigenvalue weighted by atomic mass is 10.0. The number of hydrogen-bond donors (Lipinski definition) is 1. The number of para-hydroxylation sites is 1. The number of rotatable bonds is 2. The smallest absolute Gasteiger partial charge is 0.321 e. The molecule has 3 heterocycles. The summed E-state index contributed by atoms with van der Waals surface area (Å²) in [6.45, 7) is 3.49. The number of fused-ring (bicyclic) bond motifs is 1. The minimum Gasteiger partial charge on any atom is -0.324 e. The molecule has 0 bridgehead atoms. The zero-order valence-corrected chi connectivity index (χ0v) is 14.2. The molecule has 0 unspecified atom stereocenters. The van der Waals surface area contributed by atoms with Crippen LogP contribution in [0, 0.1) is 6.92 Å². The minimum absolute atomic E-state index is 0.0324. The van der Waals surface area contributed by atoms with Gasteiger partial charge in [-0.3, -0.25) is 0 Å². The van der Waals surface area contributed by atoms with Crippen LogP contribution in [-0.4, -0.2) is 38.6 Å². The fourth-order valence-corrected chi connectivity index (χ4v) is 3.53. The number of urea groups is 1. The average Bonchev–Trinajstić information content (AvgIpc) is 2.98. The Balaban J connectivity index is 1.44. The Hall–Kier alpha value is -2.89. The molecule has 1 saturated heterocycles. The Morgan fingerprint density at radius 2 is 1.88 bits per heavy atom.